The third-order valence-corrected chi connectivity index (χ3v) is 5.98. The summed E-state index contributed by atoms with van der Waals surface area (Å²) in [6.45, 7) is 0. The molecule has 0 radical (unpaired) electrons. The summed E-state index contributed by atoms with van der Waals surface area (Å²) >= 11 is 0. The van der Waals surface area contributed by atoms with Crippen LogP contribution in [-0.2, 0) is 4.74 Å². The molecule has 12 heteroatoms. The molecule has 2 atom stereocenters. The Morgan fingerprint density at radius 3 is 2.80 bits per heavy atom. The number of pyridine rings is 2. The molecule has 0 aromatic carbocycles. The zero-order valence-corrected chi connectivity index (χ0v) is 19.0. The summed E-state index contributed by atoms with van der Waals surface area (Å²) in [7, 11) is 3.34. The van der Waals surface area contributed by atoms with E-state index in [2.05, 4.69) is 31.0 Å². The smallest absolute Gasteiger partial charge is 0.278 e. The monoisotopic (exact) mass is 478 g/mol. The fraction of sp³-hybridized carbons (Fsp3) is 0.261. The van der Waals surface area contributed by atoms with E-state index in [1.807, 2.05) is 0 Å². The van der Waals surface area contributed by atoms with Gasteiger partial charge in [-0.2, -0.15) is 9.61 Å². The average molecular weight is 478 g/mol. The molecule has 1 saturated carbocycles. The fourth-order valence-electron chi connectivity index (χ4n) is 3.99. The van der Waals surface area contributed by atoms with Crippen molar-refractivity contribution in [3.63, 3.8) is 0 Å². The number of amides is 1. The van der Waals surface area contributed by atoms with Crippen LogP contribution in [0.2, 0.25) is 0 Å². The van der Waals surface area contributed by atoms with Crippen LogP contribution in [0.3, 0.4) is 0 Å². The minimum atomic E-state index is -0.552. The number of carbonyl (C=O) groups is 1. The number of nitrogens with one attached hydrogen (secondary N) is 3. The number of ether oxygens (including phenoxy) is 1. The first kappa shape index (κ1) is 22.5. The van der Waals surface area contributed by atoms with Gasteiger partial charge in [-0.1, -0.05) is 0 Å². The van der Waals surface area contributed by atoms with Crippen LogP contribution in [0.1, 0.15) is 23.2 Å². The van der Waals surface area contributed by atoms with Gasteiger partial charge in [0.2, 0.25) is 0 Å². The van der Waals surface area contributed by atoms with Crippen LogP contribution in [0.4, 0.5) is 21.7 Å². The summed E-state index contributed by atoms with van der Waals surface area (Å²) in [4.78, 5) is 34.4. The quantitative estimate of drug-likeness (QED) is 0.369. The highest BCUT2D eigenvalue weighted by atomic mass is 19.1. The topological polar surface area (TPSA) is 127 Å². The van der Waals surface area contributed by atoms with Gasteiger partial charge in [-0.15, -0.1) is 0 Å². The maximum Gasteiger partial charge on any atom is 0.278 e. The lowest BCUT2D eigenvalue weighted by molar-refractivity contribution is 0.00732. The number of hydrogen-bond acceptors (Lipinski definition) is 8. The molecule has 0 aliphatic heterocycles. The highest BCUT2D eigenvalue weighted by molar-refractivity contribution is 6.00. The van der Waals surface area contributed by atoms with Gasteiger partial charge < -0.3 is 20.7 Å². The van der Waals surface area contributed by atoms with Crippen molar-refractivity contribution in [2.75, 3.05) is 24.8 Å². The molecule has 0 bridgehead atoms. The lowest BCUT2D eigenvalue weighted by Crippen LogP contribution is -2.51. The number of carbonyl (C=O) groups excluding carboxylic acids is 1. The predicted octanol–water partition coefficient (Wildman–Crippen LogP) is 2.11. The van der Waals surface area contributed by atoms with Gasteiger partial charge in [0, 0.05) is 32.5 Å². The number of anilines is 3. The Kier molecular flexibility index (Phi) is 5.87. The second-order valence-electron chi connectivity index (χ2n) is 8.09. The summed E-state index contributed by atoms with van der Waals surface area (Å²) in [5.74, 6) is 0.0190. The first-order valence-electron chi connectivity index (χ1n) is 11.0. The van der Waals surface area contributed by atoms with E-state index >= 15 is 0 Å². The Morgan fingerprint density at radius 2 is 2.09 bits per heavy atom. The Morgan fingerprint density at radius 1 is 1.23 bits per heavy atom. The van der Waals surface area contributed by atoms with Gasteiger partial charge in [0.1, 0.15) is 28.7 Å². The molecule has 4 aromatic rings. The van der Waals surface area contributed by atoms with Gasteiger partial charge in [-0.05, 0) is 25.0 Å². The van der Waals surface area contributed by atoms with Crippen LogP contribution in [0.5, 0.6) is 0 Å². The van der Waals surface area contributed by atoms with Crippen molar-refractivity contribution in [2.24, 2.45) is 0 Å². The van der Waals surface area contributed by atoms with Crippen molar-refractivity contribution in [2.45, 2.75) is 25.0 Å². The van der Waals surface area contributed by atoms with Crippen LogP contribution in [0, 0.1) is 5.82 Å². The third kappa shape index (κ3) is 4.19. The maximum absolute atomic E-state index is 13.6. The molecule has 0 saturated heterocycles. The molecule has 180 valence electrons. The SMILES string of the molecule is CNc1cc(Nc2cccn(-c3cncc(F)c3)c2=O)nc2c(C(=O)N[C@@H]3CC[C@H]3OC)cnn12. The molecule has 35 heavy (non-hydrogen) atoms. The molecule has 4 aromatic heterocycles. The van der Waals surface area contributed by atoms with Crippen molar-refractivity contribution in [3.05, 3.63) is 70.8 Å². The molecular weight excluding hydrogens is 455 g/mol. The Balaban J connectivity index is 1.48. The van der Waals surface area contributed by atoms with E-state index in [0.29, 0.717) is 22.8 Å². The number of nitrogens with zero attached hydrogens (tertiary/aromatic N) is 5. The van der Waals surface area contributed by atoms with Crippen molar-refractivity contribution in [1.82, 2.24) is 29.5 Å². The minimum absolute atomic E-state index is 0.00705. The molecule has 5 rings (SSSR count). The standard InChI is InChI=1S/C23H23FN8O3/c1-25-20-9-19(28-17-4-3-7-31(23(17)34)14-8-13(24)10-26-11-14)30-21-15(12-27-32(20)21)22(33)29-16-5-6-18(16)35-2/h3-4,7-12,16,18,25H,5-6H2,1-2H3,(H,28,30)(H,29,33)/t16-,18-/m1/s1. The molecule has 1 aliphatic rings. The van der Waals surface area contributed by atoms with E-state index in [9.17, 15) is 14.0 Å². The Hall–Kier alpha value is -4.32. The number of rotatable bonds is 7. The normalized spacial score (nSPS) is 17.1. The van der Waals surface area contributed by atoms with Gasteiger partial charge in [0.05, 0.1) is 36.4 Å². The van der Waals surface area contributed by atoms with E-state index in [1.54, 1.807) is 32.4 Å². The molecule has 0 spiro atoms. The summed E-state index contributed by atoms with van der Waals surface area (Å²) in [6, 6.07) is 6.05. The lowest BCUT2D eigenvalue weighted by atomic mass is 9.89. The first-order valence-corrected chi connectivity index (χ1v) is 11.0. The fourth-order valence-corrected chi connectivity index (χ4v) is 3.99. The van der Waals surface area contributed by atoms with Crippen molar-refractivity contribution in [3.8, 4) is 5.69 Å². The second kappa shape index (κ2) is 9.14. The van der Waals surface area contributed by atoms with Gasteiger partial charge in [0.15, 0.2) is 5.65 Å². The molecule has 4 heterocycles. The molecule has 3 N–H and O–H groups in total. The second-order valence-corrected chi connectivity index (χ2v) is 8.09. The van der Waals surface area contributed by atoms with Crippen LogP contribution in [0.15, 0.2) is 53.8 Å². The predicted molar refractivity (Wildman–Crippen MR) is 127 cm³/mol. The van der Waals surface area contributed by atoms with Crippen LogP contribution < -0.4 is 21.5 Å². The van der Waals surface area contributed by atoms with Crippen molar-refractivity contribution in [1.29, 1.82) is 0 Å². The molecule has 1 fully saturated rings. The number of fused-ring (bicyclic) bond motifs is 1. The van der Waals surface area contributed by atoms with Crippen molar-refractivity contribution >= 4 is 28.9 Å². The van der Waals surface area contributed by atoms with E-state index in [1.165, 1.54) is 33.7 Å². The average Bonchev–Trinajstić information content (AvgIpc) is 3.27. The van der Waals surface area contributed by atoms with E-state index < -0.39 is 11.4 Å². The van der Waals surface area contributed by atoms with Crippen LogP contribution in [0.25, 0.3) is 11.3 Å². The summed E-state index contributed by atoms with van der Waals surface area (Å²) in [5.41, 5.74) is 0.685. The summed E-state index contributed by atoms with van der Waals surface area (Å²) in [6.07, 6.45) is 7.16. The van der Waals surface area contributed by atoms with Crippen LogP contribution >= 0.6 is 0 Å². The zero-order valence-electron chi connectivity index (χ0n) is 19.0. The summed E-state index contributed by atoms with van der Waals surface area (Å²) < 4.78 is 21.8. The Bertz CT molecular complexity index is 1460. The van der Waals surface area contributed by atoms with Gasteiger partial charge in [-0.25, -0.2) is 9.37 Å². The molecule has 1 aliphatic carbocycles. The van der Waals surface area contributed by atoms with E-state index in [4.69, 9.17) is 4.74 Å². The molecule has 1 amide bonds. The number of halogens is 1. The molecule has 0 unspecified atom stereocenters. The van der Waals surface area contributed by atoms with Gasteiger partial charge >= 0.3 is 0 Å². The Labute approximate surface area is 199 Å². The maximum atomic E-state index is 13.6. The minimum Gasteiger partial charge on any atom is -0.379 e. The van der Waals surface area contributed by atoms with Crippen LogP contribution in [-0.4, -0.2) is 56.4 Å². The number of methoxy groups -OCH3 is 1. The number of hydrogen-bond donors (Lipinski definition) is 3. The lowest BCUT2D eigenvalue weighted by Gasteiger charge is -2.35. The molecule has 11 nitrogen and oxygen atoms in total. The van der Waals surface area contributed by atoms with Gasteiger partial charge in [-0.3, -0.25) is 19.1 Å². The highest BCUT2D eigenvalue weighted by Crippen LogP contribution is 2.25. The largest absolute Gasteiger partial charge is 0.379 e. The summed E-state index contributed by atoms with van der Waals surface area (Å²) in [5, 5.41) is 13.3. The van der Waals surface area contributed by atoms with E-state index in [0.717, 1.165) is 19.0 Å². The zero-order chi connectivity index (χ0) is 24.5. The first-order chi connectivity index (χ1) is 17.0. The third-order valence-electron chi connectivity index (χ3n) is 5.98. The highest BCUT2D eigenvalue weighted by Gasteiger charge is 2.33. The van der Waals surface area contributed by atoms with E-state index in [-0.39, 0.29) is 29.4 Å². The number of aromatic nitrogens is 5. The van der Waals surface area contributed by atoms with Crippen molar-refractivity contribution < 1.29 is 13.9 Å². The molecular formula is C23H23FN8O3. The van der Waals surface area contributed by atoms with Gasteiger partial charge in [0.25, 0.3) is 11.5 Å².